The normalized spacial score (nSPS) is 15.2. The van der Waals surface area contributed by atoms with Gasteiger partial charge in [0.15, 0.2) is 0 Å². The van der Waals surface area contributed by atoms with E-state index in [-0.39, 0.29) is 11.8 Å². The molecular weight excluding hydrogens is 324 g/mol. The van der Waals surface area contributed by atoms with Gasteiger partial charge in [-0.2, -0.15) is 0 Å². The monoisotopic (exact) mass is 348 g/mol. The molecule has 4 heteroatoms. The van der Waals surface area contributed by atoms with E-state index in [0.717, 1.165) is 40.6 Å². The van der Waals surface area contributed by atoms with Gasteiger partial charge in [0.25, 0.3) is 0 Å². The van der Waals surface area contributed by atoms with Crippen molar-refractivity contribution in [1.82, 2.24) is 4.98 Å². The molecule has 0 radical (unpaired) electrons. The second-order valence-electron chi connectivity index (χ2n) is 7.39. The molecule has 0 bridgehead atoms. The van der Waals surface area contributed by atoms with Crippen molar-refractivity contribution in [2.45, 2.75) is 38.7 Å². The Kier molecular flexibility index (Phi) is 4.51. The Bertz CT molecular complexity index is 923. The van der Waals surface area contributed by atoms with E-state index < -0.39 is 6.10 Å². The van der Waals surface area contributed by atoms with Crippen LogP contribution in [0.5, 0.6) is 0 Å². The van der Waals surface area contributed by atoms with E-state index in [1.54, 1.807) is 0 Å². The average Bonchev–Trinajstić information content (AvgIpc) is 3.40. The highest BCUT2D eigenvalue weighted by atomic mass is 16.3. The van der Waals surface area contributed by atoms with E-state index in [0.29, 0.717) is 12.8 Å². The molecule has 26 heavy (non-hydrogen) atoms. The standard InChI is InChI=1S/C22H24N2O2/c1-14-2-4-15(5-3-14)10-18(25)11-16-6-9-20-19(12-16)21(13-23-20)24-22(26)17-7-8-17/h2-6,9,12-13,17-18,23,25H,7-8,10-11H2,1H3,(H,24,26). The van der Waals surface area contributed by atoms with Gasteiger partial charge in [0, 0.05) is 23.0 Å². The summed E-state index contributed by atoms with van der Waals surface area (Å²) >= 11 is 0. The summed E-state index contributed by atoms with van der Waals surface area (Å²) in [6.07, 6.45) is 4.62. The topological polar surface area (TPSA) is 65.1 Å². The number of carbonyl (C=O) groups is 1. The molecule has 1 heterocycles. The number of aryl methyl sites for hydroxylation is 1. The van der Waals surface area contributed by atoms with Crippen LogP contribution in [0.25, 0.3) is 10.9 Å². The molecule has 1 amide bonds. The van der Waals surface area contributed by atoms with E-state index in [4.69, 9.17) is 0 Å². The SMILES string of the molecule is Cc1ccc(CC(O)Cc2ccc3[nH]cc(NC(=O)C4CC4)c3c2)cc1. The minimum Gasteiger partial charge on any atom is -0.392 e. The molecule has 1 aliphatic rings. The van der Waals surface area contributed by atoms with Gasteiger partial charge in [-0.1, -0.05) is 35.9 Å². The van der Waals surface area contributed by atoms with Crippen molar-refractivity contribution in [3.8, 4) is 0 Å². The zero-order valence-electron chi connectivity index (χ0n) is 15.0. The largest absolute Gasteiger partial charge is 0.392 e. The van der Waals surface area contributed by atoms with Crippen LogP contribution in [-0.2, 0) is 17.6 Å². The number of anilines is 1. The molecule has 1 fully saturated rings. The number of nitrogens with one attached hydrogen (secondary N) is 2. The third-order valence-electron chi connectivity index (χ3n) is 5.02. The maximum Gasteiger partial charge on any atom is 0.227 e. The Morgan fingerprint density at radius 2 is 1.85 bits per heavy atom. The van der Waals surface area contributed by atoms with Gasteiger partial charge in [0.05, 0.1) is 11.8 Å². The first-order valence-corrected chi connectivity index (χ1v) is 9.23. The second-order valence-corrected chi connectivity index (χ2v) is 7.39. The Hall–Kier alpha value is -2.59. The fraction of sp³-hybridized carbons (Fsp3) is 0.318. The minimum absolute atomic E-state index is 0.107. The van der Waals surface area contributed by atoms with Crippen molar-refractivity contribution >= 4 is 22.5 Å². The van der Waals surface area contributed by atoms with Crippen molar-refractivity contribution in [2.24, 2.45) is 5.92 Å². The fourth-order valence-electron chi connectivity index (χ4n) is 3.32. The lowest BCUT2D eigenvalue weighted by molar-refractivity contribution is -0.117. The molecular formula is C22H24N2O2. The van der Waals surface area contributed by atoms with Crippen LogP contribution in [0.4, 0.5) is 5.69 Å². The number of aromatic amines is 1. The zero-order chi connectivity index (χ0) is 18.1. The first kappa shape index (κ1) is 16.9. The number of hydrogen-bond donors (Lipinski definition) is 3. The summed E-state index contributed by atoms with van der Waals surface area (Å²) in [5, 5.41) is 14.5. The summed E-state index contributed by atoms with van der Waals surface area (Å²) in [7, 11) is 0. The van der Waals surface area contributed by atoms with Gasteiger partial charge in [0.1, 0.15) is 0 Å². The maximum absolute atomic E-state index is 12.0. The number of hydrogen-bond acceptors (Lipinski definition) is 2. The summed E-state index contributed by atoms with van der Waals surface area (Å²) in [6.45, 7) is 2.06. The Labute approximate surface area is 153 Å². The third kappa shape index (κ3) is 3.81. The molecule has 3 N–H and O–H groups in total. The number of rotatable bonds is 6. The van der Waals surface area contributed by atoms with Crippen LogP contribution < -0.4 is 5.32 Å². The highest BCUT2D eigenvalue weighted by molar-refractivity contribution is 6.03. The van der Waals surface area contributed by atoms with Gasteiger partial charge in [0.2, 0.25) is 5.91 Å². The Morgan fingerprint density at radius 1 is 1.15 bits per heavy atom. The summed E-state index contributed by atoms with van der Waals surface area (Å²) in [5.41, 5.74) is 5.25. The molecule has 1 unspecified atom stereocenters. The molecule has 1 aliphatic carbocycles. The molecule has 2 aromatic carbocycles. The predicted molar refractivity (Wildman–Crippen MR) is 104 cm³/mol. The first-order valence-electron chi connectivity index (χ1n) is 9.23. The highest BCUT2D eigenvalue weighted by Crippen LogP contribution is 2.32. The lowest BCUT2D eigenvalue weighted by Crippen LogP contribution is -2.14. The van der Waals surface area contributed by atoms with Crippen molar-refractivity contribution < 1.29 is 9.90 Å². The molecule has 1 atom stereocenters. The maximum atomic E-state index is 12.0. The summed E-state index contributed by atoms with van der Waals surface area (Å²) in [4.78, 5) is 15.2. The lowest BCUT2D eigenvalue weighted by Gasteiger charge is -2.12. The molecule has 4 rings (SSSR count). The fourth-order valence-corrected chi connectivity index (χ4v) is 3.32. The highest BCUT2D eigenvalue weighted by Gasteiger charge is 2.30. The smallest absolute Gasteiger partial charge is 0.227 e. The predicted octanol–water partition coefficient (Wildman–Crippen LogP) is 3.97. The summed E-state index contributed by atoms with van der Waals surface area (Å²) in [6, 6.07) is 14.4. The molecule has 1 saturated carbocycles. The van der Waals surface area contributed by atoms with Crippen LogP contribution in [0, 0.1) is 12.8 Å². The van der Waals surface area contributed by atoms with Crippen LogP contribution in [0.3, 0.4) is 0 Å². The Balaban J connectivity index is 1.47. The number of carbonyl (C=O) groups excluding carboxylic acids is 1. The third-order valence-corrected chi connectivity index (χ3v) is 5.02. The van der Waals surface area contributed by atoms with Crippen molar-refractivity contribution in [1.29, 1.82) is 0 Å². The van der Waals surface area contributed by atoms with Crippen molar-refractivity contribution in [3.63, 3.8) is 0 Å². The zero-order valence-corrected chi connectivity index (χ0v) is 15.0. The average molecular weight is 348 g/mol. The van der Waals surface area contributed by atoms with E-state index >= 15 is 0 Å². The van der Waals surface area contributed by atoms with Crippen molar-refractivity contribution in [3.05, 3.63) is 65.4 Å². The molecule has 4 nitrogen and oxygen atoms in total. The number of amides is 1. The van der Waals surface area contributed by atoms with Gasteiger partial charge < -0.3 is 15.4 Å². The van der Waals surface area contributed by atoms with Crippen LogP contribution >= 0.6 is 0 Å². The van der Waals surface area contributed by atoms with Gasteiger partial charge in [-0.05, 0) is 55.9 Å². The molecule has 3 aromatic rings. The van der Waals surface area contributed by atoms with Crippen molar-refractivity contribution in [2.75, 3.05) is 5.32 Å². The van der Waals surface area contributed by atoms with Crippen LogP contribution in [0.2, 0.25) is 0 Å². The quantitative estimate of drug-likeness (QED) is 0.631. The number of aromatic nitrogens is 1. The molecule has 0 aliphatic heterocycles. The van der Waals surface area contributed by atoms with Crippen LogP contribution in [0.15, 0.2) is 48.7 Å². The number of aliphatic hydroxyl groups is 1. The molecule has 1 aromatic heterocycles. The van der Waals surface area contributed by atoms with E-state index in [9.17, 15) is 9.90 Å². The van der Waals surface area contributed by atoms with E-state index in [1.807, 2.05) is 18.3 Å². The first-order chi connectivity index (χ1) is 12.6. The molecule has 134 valence electrons. The molecule has 0 saturated heterocycles. The van der Waals surface area contributed by atoms with Gasteiger partial charge >= 0.3 is 0 Å². The second kappa shape index (κ2) is 6.96. The van der Waals surface area contributed by atoms with Crippen LogP contribution in [0.1, 0.15) is 29.5 Å². The van der Waals surface area contributed by atoms with E-state index in [2.05, 4.69) is 47.6 Å². The van der Waals surface area contributed by atoms with Gasteiger partial charge in [-0.3, -0.25) is 4.79 Å². The van der Waals surface area contributed by atoms with E-state index in [1.165, 1.54) is 5.56 Å². The minimum atomic E-state index is -0.432. The van der Waals surface area contributed by atoms with Gasteiger partial charge in [-0.15, -0.1) is 0 Å². The molecule has 0 spiro atoms. The van der Waals surface area contributed by atoms with Gasteiger partial charge in [-0.25, -0.2) is 0 Å². The number of aliphatic hydroxyl groups excluding tert-OH is 1. The number of benzene rings is 2. The number of fused-ring (bicyclic) bond motifs is 1. The lowest BCUT2D eigenvalue weighted by atomic mass is 10.00. The van der Waals surface area contributed by atoms with Crippen LogP contribution in [-0.4, -0.2) is 22.1 Å². The summed E-state index contributed by atoms with van der Waals surface area (Å²) < 4.78 is 0. The number of H-pyrrole nitrogens is 1. The summed E-state index contributed by atoms with van der Waals surface area (Å²) in [5.74, 6) is 0.287. The Morgan fingerprint density at radius 3 is 2.58 bits per heavy atom.